The van der Waals surface area contributed by atoms with Gasteiger partial charge in [-0.05, 0) is 44.9 Å². The summed E-state index contributed by atoms with van der Waals surface area (Å²) in [4.78, 5) is 7.15. The Bertz CT molecular complexity index is 593. The van der Waals surface area contributed by atoms with Crippen LogP contribution in [-0.4, -0.2) is 45.7 Å². The Morgan fingerprint density at radius 2 is 2.30 bits per heavy atom. The summed E-state index contributed by atoms with van der Waals surface area (Å²) in [6.07, 6.45) is 4.11. The summed E-state index contributed by atoms with van der Waals surface area (Å²) in [6.45, 7) is 6.87. The van der Waals surface area contributed by atoms with Crippen LogP contribution in [0.15, 0.2) is 18.3 Å². The van der Waals surface area contributed by atoms with Crippen molar-refractivity contribution >= 4 is 5.65 Å². The first-order chi connectivity index (χ1) is 9.67. The van der Waals surface area contributed by atoms with E-state index in [0.29, 0.717) is 12.0 Å². The van der Waals surface area contributed by atoms with E-state index in [0.717, 1.165) is 30.2 Å². The fourth-order valence-corrected chi connectivity index (χ4v) is 2.93. The van der Waals surface area contributed by atoms with E-state index in [-0.39, 0.29) is 0 Å². The minimum Gasteiger partial charge on any atom is -0.493 e. The van der Waals surface area contributed by atoms with Gasteiger partial charge in [-0.1, -0.05) is 0 Å². The van der Waals surface area contributed by atoms with Gasteiger partial charge >= 0.3 is 0 Å². The molecular formula is C15H22N4O. The number of ether oxygens (including phenoxy) is 1. The maximum atomic E-state index is 5.33. The largest absolute Gasteiger partial charge is 0.493 e. The molecule has 2 aromatic rings. The van der Waals surface area contributed by atoms with Crippen molar-refractivity contribution in [1.29, 1.82) is 0 Å². The normalized spacial score (nSPS) is 20.1. The third-order valence-electron chi connectivity index (χ3n) is 4.11. The zero-order valence-corrected chi connectivity index (χ0v) is 12.4. The number of aromatic nitrogens is 3. The number of hydrogen-bond donors (Lipinski definition) is 0. The van der Waals surface area contributed by atoms with E-state index in [2.05, 4.69) is 28.8 Å². The van der Waals surface area contributed by atoms with Gasteiger partial charge in [-0.15, -0.1) is 0 Å². The summed E-state index contributed by atoms with van der Waals surface area (Å²) in [6, 6.07) is 4.48. The van der Waals surface area contributed by atoms with E-state index in [4.69, 9.17) is 4.74 Å². The van der Waals surface area contributed by atoms with E-state index >= 15 is 0 Å². The predicted octanol–water partition coefficient (Wildman–Crippen LogP) is 2.01. The van der Waals surface area contributed by atoms with E-state index in [1.165, 1.54) is 13.0 Å². The van der Waals surface area contributed by atoms with Gasteiger partial charge in [0.2, 0.25) is 0 Å². The zero-order valence-electron chi connectivity index (χ0n) is 12.4. The van der Waals surface area contributed by atoms with Gasteiger partial charge in [0.25, 0.3) is 0 Å². The first kappa shape index (κ1) is 13.4. The van der Waals surface area contributed by atoms with Gasteiger partial charge < -0.3 is 9.64 Å². The number of likely N-dealkylation sites (tertiary alicyclic amines) is 1. The Morgan fingerprint density at radius 1 is 1.45 bits per heavy atom. The molecule has 5 nitrogen and oxygen atoms in total. The van der Waals surface area contributed by atoms with Crippen molar-refractivity contribution in [2.75, 3.05) is 20.2 Å². The fourth-order valence-electron chi connectivity index (χ4n) is 2.93. The van der Waals surface area contributed by atoms with Crippen LogP contribution >= 0.6 is 0 Å². The van der Waals surface area contributed by atoms with E-state index in [1.54, 1.807) is 7.11 Å². The molecule has 3 heterocycles. The molecule has 0 spiro atoms. The molecule has 1 aliphatic heterocycles. The van der Waals surface area contributed by atoms with Crippen molar-refractivity contribution in [2.24, 2.45) is 5.92 Å². The summed E-state index contributed by atoms with van der Waals surface area (Å²) in [5.41, 5.74) is 0.809. The summed E-state index contributed by atoms with van der Waals surface area (Å²) < 4.78 is 7.14. The Balaban J connectivity index is 1.75. The van der Waals surface area contributed by atoms with E-state index in [9.17, 15) is 0 Å². The molecule has 0 radical (unpaired) electrons. The van der Waals surface area contributed by atoms with Crippen molar-refractivity contribution < 1.29 is 4.74 Å². The molecule has 108 valence electrons. The van der Waals surface area contributed by atoms with Crippen molar-refractivity contribution in [3.63, 3.8) is 0 Å². The second-order valence-electron chi connectivity index (χ2n) is 5.82. The molecule has 5 heteroatoms. The van der Waals surface area contributed by atoms with Gasteiger partial charge in [-0.3, -0.25) is 0 Å². The highest BCUT2D eigenvalue weighted by Crippen LogP contribution is 2.23. The minimum atomic E-state index is 0.633. The third-order valence-corrected chi connectivity index (χ3v) is 4.11. The molecule has 0 bridgehead atoms. The van der Waals surface area contributed by atoms with Crippen molar-refractivity contribution in [2.45, 2.75) is 32.7 Å². The lowest BCUT2D eigenvalue weighted by Crippen LogP contribution is -2.28. The average molecular weight is 274 g/mol. The van der Waals surface area contributed by atoms with Crippen LogP contribution in [0.1, 0.15) is 26.1 Å². The second-order valence-corrected chi connectivity index (χ2v) is 5.82. The fraction of sp³-hybridized carbons (Fsp3) is 0.600. The number of nitrogens with zero attached hydrogens (tertiary/aromatic N) is 4. The van der Waals surface area contributed by atoms with E-state index in [1.807, 2.05) is 22.8 Å². The highest BCUT2D eigenvalue weighted by molar-refractivity contribution is 5.52. The standard InChI is InChI=1S/C15H22N4O/c1-11(2)18-8-6-12(10-18)9-14-16-15-13(20-3)5-4-7-19(15)17-14/h4-5,7,11-12H,6,8-10H2,1-3H3. The van der Waals surface area contributed by atoms with Gasteiger partial charge in [-0.25, -0.2) is 9.50 Å². The molecular weight excluding hydrogens is 252 g/mol. The average Bonchev–Trinajstić information content (AvgIpc) is 3.04. The van der Waals surface area contributed by atoms with Crippen LogP contribution in [0.3, 0.4) is 0 Å². The predicted molar refractivity (Wildman–Crippen MR) is 78.1 cm³/mol. The summed E-state index contributed by atoms with van der Waals surface area (Å²) >= 11 is 0. The van der Waals surface area contributed by atoms with Crippen LogP contribution in [0.2, 0.25) is 0 Å². The quantitative estimate of drug-likeness (QED) is 0.855. The maximum absolute atomic E-state index is 5.33. The Hall–Kier alpha value is -1.62. The topological polar surface area (TPSA) is 42.7 Å². The molecule has 0 aromatic carbocycles. The van der Waals surface area contributed by atoms with Crippen LogP contribution in [0.25, 0.3) is 5.65 Å². The molecule has 20 heavy (non-hydrogen) atoms. The molecule has 0 N–H and O–H groups in total. The second kappa shape index (κ2) is 5.40. The Kier molecular flexibility index (Phi) is 3.61. The van der Waals surface area contributed by atoms with Crippen LogP contribution in [0.4, 0.5) is 0 Å². The van der Waals surface area contributed by atoms with Crippen molar-refractivity contribution in [3.05, 3.63) is 24.2 Å². The first-order valence-corrected chi connectivity index (χ1v) is 7.29. The van der Waals surface area contributed by atoms with Gasteiger partial charge in [0.15, 0.2) is 17.2 Å². The van der Waals surface area contributed by atoms with E-state index < -0.39 is 0 Å². The van der Waals surface area contributed by atoms with Crippen LogP contribution in [0.5, 0.6) is 5.75 Å². The lowest BCUT2D eigenvalue weighted by atomic mass is 10.1. The van der Waals surface area contributed by atoms with Crippen molar-refractivity contribution in [1.82, 2.24) is 19.5 Å². The molecule has 1 fully saturated rings. The Labute approximate surface area is 119 Å². The zero-order chi connectivity index (χ0) is 14.1. The van der Waals surface area contributed by atoms with Gasteiger partial charge in [-0.2, -0.15) is 5.10 Å². The maximum Gasteiger partial charge on any atom is 0.198 e. The smallest absolute Gasteiger partial charge is 0.198 e. The van der Waals surface area contributed by atoms with Crippen molar-refractivity contribution in [3.8, 4) is 5.75 Å². The SMILES string of the molecule is COc1cccn2nc(CC3CCN(C(C)C)C3)nc12. The summed E-state index contributed by atoms with van der Waals surface area (Å²) in [5.74, 6) is 2.37. The molecule has 0 amide bonds. The monoisotopic (exact) mass is 274 g/mol. The number of rotatable bonds is 4. The lowest BCUT2D eigenvalue weighted by Gasteiger charge is -2.19. The third kappa shape index (κ3) is 2.50. The first-order valence-electron chi connectivity index (χ1n) is 7.29. The molecule has 3 rings (SSSR count). The summed E-state index contributed by atoms with van der Waals surface area (Å²) in [5, 5.41) is 4.56. The molecule has 0 aliphatic carbocycles. The number of methoxy groups -OCH3 is 1. The molecule has 1 saturated heterocycles. The molecule has 1 aliphatic rings. The van der Waals surface area contributed by atoms with Gasteiger partial charge in [0.05, 0.1) is 7.11 Å². The Morgan fingerprint density at radius 3 is 3.00 bits per heavy atom. The molecule has 0 saturated carbocycles. The molecule has 2 aromatic heterocycles. The lowest BCUT2D eigenvalue weighted by molar-refractivity contribution is 0.264. The molecule has 1 unspecified atom stereocenters. The number of hydrogen-bond acceptors (Lipinski definition) is 4. The highest BCUT2D eigenvalue weighted by atomic mass is 16.5. The highest BCUT2D eigenvalue weighted by Gasteiger charge is 2.25. The number of fused-ring (bicyclic) bond motifs is 1. The van der Waals surface area contributed by atoms with Gasteiger partial charge in [0, 0.05) is 25.2 Å². The number of pyridine rings is 1. The van der Waals surface area contributed by atoms with Crippen LogP contribution < -0.4 is 4.74 Å². The van der Waals surface area contributed by atoms with Crippen LogP contribution in [-0.2, 0) is 6.42 Å². The summed E-state index contributed by atoms with van der Waals surface area (Å²) in [7, 11) is 1.67. The van der Waals surface area contributed by atoms with Crippen LogP contribution in [0, 0.1) is 5.92 Å². The minimum absolute atomic E-state index is 0.633. The molecule has 1 atom stereocenters. The van der Waals surface area contributed by atoms with Gasteiger partial charge in [0.1, 0.15) is 0 Å².